The van der Waals surface area contributed by atoms with Gasteiger partial charge in [0.15, 0.2) is 0 Å². The number of carbonyl (C=O) groups excluding carboxylic acids is 1. The number of furan rings is 1. The molecule has 0 aliphatic heterocycles. The lowest BCUT2D eigenvalue weighted by atomic mass is 10.0. The van der Waals surface area contributed by atoms with Gasteiger partial charge in [-0.15, -0.1) is 0 Å². The lowest BCUT2D eigenvalue weighted by molar-refractivity contribution is -0.130. The number of benzene rings is 3. The van der Waals surface area contributed by atoms with E-state index in [1.54, 1.807) is 13.0 Å². The van der Waals surface area contributed by atoms with E-state index >= 15 is 0 Å². The first-order valence-electron chi connectivity index (χ1n) is 8.02. The van der Waals surface area contributed by atoms with Gasteiger partial charge in [-0.3, -0.25) is 0 Å². The summed E-state index contributed by atoms with van der Waals surface area (Å²) in [6, 6.07) is 21.4. The summed E-state index contributed by atoms with van der Waals surface area (Å²) in [6.07, 6.45) is 0. The number of esters is 1. The van der Waals surface area contributed by atoms with E-state index in [0.717, 1.165) is 33.1 Å². The highest BCUT2D eigenvalue weighted by Crippen LogP contribution is 2.39. The van der Waals surface area contributed by atoms with Crippen LogP contribution >= 0.6 is 0 Å². The third-order valence-electron chi connectivity index (χ3n) is 4.13. The van der Waals surface area contributed by atoms with E-state index < -0.39 is 5.97 Å². The summed E-state index contributed by atoms with van der Waals surface area (Å²) in [5, 5.41) is 2.10. The molecule has 0 radical (unpaired) electrons. The van der Waals surface area contributed by atoms with Crippen molar-refractivity contribution in [3.8, 4) is 16.9 Å². The molecule has 0 unspecified atom stereocenters. The largest absolute Gasteiger partial charge is 0.455 e. The first-order chi connectivity index (χ1) is 12.1. The molecule has 0 fully saturated rings. The summed E-state index contributed by atoms with van der Waals surface area (Å²) in [4.78, 5) is 12.0. The maximum absolute atomic E-state index is 12.0. The van der Waals surface area contributed by atoms with Gasteiger partial charge >= 0.3 is 5.97 Å². The van der Waals surface area contributed by atoms with E-state index in [9.17, 15) is 4.79 Å². The van der Waals surface area contributed by atoms with Crippen LogP contribution in [0.2, 0.25) is 0 Å². The highest BCUT2D eigenvalue weighted by atomic mass is 16.5. The van der Waals surface area contributed by atoms with Crippen molar-refractivity contribution in [2.45, 2.75) is 6.92 Å². The minimum atomic E-state index is -0.441. The van der Waals surface area contributed by atoms with E-state index in [0.29, 0.717) is 11.3 Å². The number of fused-ring (bicyclic) bond motifs is 3. The third-order valence-corrected chi connectivity index (χ3v) is 4.13. The highest BCUT2D eigenvalue weighted by Gasteiger charge is 2.16. The number of hydrogen-bond donors (Lipinski definition) is 0. The van der Waals surface area contributed by atoms with Crippen LogP contribution in [0.25, 0.3) is 33.1 Å². The Balaban J connectivity index is 1.94. The van der Waals surface area contributed by atoms with Gasteiger partial charge in [0, 0.05) is 27.5 Å². The molecule has 25 heavy (non-hydrogen) atoms. The molecule has 0 atom stereocenters. The molecule has 1 heterocycles. The fourth-order valence-corrected chi connectivity index (χ4v) is 2.92. The van der Waals surface area contributed by atoms with Crippen molar-refractivity contribution < 1.29 is 13.9 Å². The topological polar surface area (TPSA) is 39.4 Å². The minimum absolute atomic E-state index is 0.358. The SMILES string of the molecule is C=C(C)C(=O)Oc1ccccc1-c1cccc2c1oc1ccccc12. The predicted octanol–water partition coefficient (Wildman–Crippen LogP) is 5.73. The minimum Gasteiger partial charge on any atom is -0.455 e. The zero-order chi connectivity index (χ0) is 17.4. The van der Waals surface area contributed by atoms with Crippen LogP contribution in [0, 0.1) is 0 Å². The van der Waals surface area contributed by atoms with Gasteiger partial charge < -0.3 is 9.15 Å². The van der Waals surface area contributed by atoms with Crippen LogP contribution in [0.4, 0.5) is 0 Å². The van der Waals surface area contributed by atoms with Crippen LogP contribution in [0.3, 0.4) is 0 Å². The van der Waals surface area contributed by atoms with Crippen molar-refractivity contribution in [2.24, 2.45) is 0 Å². The maximum atomic E-state index is 12.0. The average Bonchev–Trinajstić information content (AvgIpc) is 3.01. The molecule has 0 amide bonds. The first kappa shape index (κ1) is 15.2. The van der Waals surface area contributed by atoms with Crippen LogP contribution in [0.1, 0.15) is 6.92 Å². The Morgan fingerprint density at radius 3 is 2.40 bits per heavy atom. The van der Waals surface area contributed by atoms with Gasteiger partial charge in [-0.1, -0.05) is 61.2 Å². The molecule has 0 N–H and O–H groups in total. The smallest absolute Gasteiger partial charge is 0.338 e. The summed E-state index contributed by atoms with van der Waals surface area (Å²) < 4.78 is 11.6. The molecular formula is C22H16O3. The van der Waals surface area contributed by atoms with Crippen LogP contribution in [0.5, 0.6) is 5.75 Å². The van der Waals surface area contributed by atoms with E-state index in [1.807, 2.05) is 60.7 Å². The van der Waals surface area contributed by atoms with Gasteiger partial charge in [-0.25, -0.2) is 4.79 Å². The van der Waals surface area contributed by atoms with E-state index in [-0.39, 0.29) is 0 Å². The fourth-order valence-electron chi connectivity index (χ4n) is 2.92. The molecule has 3 heteroatoms. The van der Waals surface area contributed by atoms with Gasteiger partial charge in [0.1, 0.15) is 16.9 Å². The third kappa shape index (κ3) is 2.60. The van der Waals surface area contributed by atoms with Crippen LogP contribution in [0.15, 0.2) is 83.3 Å². The van der Waals surface area contributed by atoms with Crippen molar-refractivity contribution in [3.05, 3.63) is 78.9 Å². The molecule has 3 nitrogen and oxygen atoms in total. The highest BCUT2D eigenvalue weighted by molar-refractivity contribution is 6.10. The molecule has 0 saturated heterocycles. The van der Waals surface area contributed by atoms with Crippen LogP contribution in [-0.2, 0) is 4.79 Å². The summed E-state index contributed by atoms with van der Waals surface area (Å²) in [5.74, 6) is 0.0488. The second kappa shape index (κ2) is 5.95. The number of para-hydroxylation sites is 3. The Bertz CT molecular complexity index is 1120. The Morgan fingerprint density at radius 1 is 0.880 bits per heavy atom. The molecule has 1 aromatic heterocycles. The normalized spacial score (nSPS) is 10.9. The molecular weight excluding hydrogens is 312 g/mol. The molecule has 0 aliphatic rings. The monoisotopic (exact) mass is 328 g/mol. The van der Waals surface area contributed by atoms with Crippen LogP contribution in [-0.4, -0.2) is 5.97 Å². The molecule has 0 bridgehead atoms. The second-order valence-electron chi connectivity index (χ2n) is 5.95. The Hall–Kier alpha value is -3.33. The van der Waals surface area contributed by atoms with E-state index in [1.165, 1.54) is 0 Å². The van der Waals surface area contributed by atoms with E-state index in [4.69, 9.17) is 9.15 Å². The molecule has 0 spiro atoms. The molecule has 0 aliphatic carbocycles. The maximum Gasteiger partial charge on any atom is 0.338 e. The van der Waals surface area contributed by atoms with Crippen molar-refractivity contribution >= 4 is 27.9 Å². The van der Waals surface area contributed by atoms with E-state index in [2.05, 4.69) is 6.58 Å². The Morgan fingerprint density at radius 2 is 1.56 bits per heavy atom. The number of carbonyl (C=O) groups is 1. The molecule has 4 rings (SSSR count). The van der Waals surface area contributed by atoms with Crippen molar-refractivity contribution in [1.82, 2.24) is 0 Å². The second-order valence-corrected chi connectivity index (χ2v) is 5.95. The van der Waals surface area contributed by atoms with Gasteiger partial charge in [-0.2, -0.15) is 0 Å². The summed E-state index contributed by atoms with van der Waals surface area (Å²) in [5.41, 5.74) is 3.67. The van der Waals surface area contributed by atoms with Crippen molar-refractivity contribution in [3.63, 3.8) is 0 Å². The quantitative estimate of drug-likeness (QED) is 0.274. The Labute approximate surface area is 145 Å². The van der Waals surface area contributed by atoms with Gasteiger partial charge in [0.25, 0.3) is 0 Å². The standard InChI is InChI=1S/C22H16O3/c1-14(2)22(23)25-20-13-6-4-9-16(20)18-11-7-10-17-15-8-3-5-12-19(15)24-21(17)18/h3-13H,1H2,2H3. The zero-order valence-electron chi connectivity index (χ0n) is 13.8. The molecule has 0 saturated carbocycles. The average molecular weight is 328 g/mol. The Kier molecular flexibility index (Phi) is 3.62. The van der Waals surface area contributed by atoms with Gasteiger partial charge in [-0.05, 0) is 19.1 Å². The number of hydrogen-bond acceptors (Lipinski definition) is 3. The lowest BCUT2D eigenvalue weighted by Crippen LogP contribution is -2.08. The van der Waals surface area contributed by atoms with Gasteiger partial charge in [0.05, 0.1) is 0 Å². The summed E-state index contributed by atoms with van der Waals surface area (Å²) in [7, 11) is 0. The van der Waals surface area contributed by atoms with Crippen molar-refractivity contribution in [1.29, 1.82) is 0 Å². The predicted molar refractivity (Wildman–Crippen MR) is 99.6 cm³/mol. The lowest BCUT2D eigenvalue weighted by Gasteiger charge is -2.10. The van der Waals surface area contributed by atoms with Crippen LogP contribution < -0.4 is 4.74 Å². The summed E-state index contributed by atoms with van der Waals surface area (Å²) >= 11 is 0. The summed E-state index contributed by atoms with van der Waals surface area (Å²) in [6.45, 7) is 5.27. The molecule has 3 aromatic carbocycles. The fraction of sp³-hybridized carbons (Fsp3) is 0.0455. The van der Waals surface area contributed by atoms with Gasteiger partial charge in [0.2, 0.25) is 0 Å². The number of ether oxygens (including phenoxy) is 1. The first-order valence-corrected chi connectivity index (χ1v) is 8.02. The van der Waals surface area contributed by atoms with Crippen molar-refractivity contribution in [2.75, 3.05) is 0 Å². The molecule has 122 valence electrons. The molecule has 4 aromatic rings. The zero-order valence-corrected chi connectivity index (χ0v) is 13.8. The number of rotatable bonds is 3.